The van der Waals surface area contributed by atoms with Crippen molar-refractivity contribution in [2.24, 2.45) is 11.8 Å². The summed E-state index contributed by atoms with van der Waals surface area (Å²) in [7, 11) is 1.57. The van der Waals surface area contributed by atoms with Crippen LogP contribution in [0.5, 0.6) is 0 Å². The van der Waals surface area contributed by atoms with Gasteiger partial charge in [0.25, 0.3) is 5.91 Å². The van der Waals surface area contributed by atoms with E-state index in [0.29, 0.717) is 32.2 Å². The topological polar surface area (TPSA) is 157 Å². The Bertz CT molecular complexity index is 1550. The van der Waals surface area contributed by atoms with Crippen LogP contribution in [0.2, 0.25) is 0 Å². The molecule has 2 aliphatic heterocycles. The molecule has 0 aliphatic carbocycles. The second-order valence-corrected chi connectivity index (χ2v) is 14.0. The first kappa shape index (κ1) is 38.1. The quantitative estimate of drug-likeness (QED) is 0.365. The highest BCUT2D eigenvalue weighted by Crippen LogP contribution is 2.26. The van der Waals surface area contributed by atoms with Gasteiger partial charge in [-0.2, -0.15) is 0 Å². The van der Waals surface area contributed by atoms with E-state index in [1.807, 2.05) is 58.0 Å². The van der Waals surface area contributed by atoms with Crippen molar-refractivity contribution >= 4 is 41.1 Å². The molecule has 6 amide bonds. The van der Waals surface area contributed by atoms with E-state index in [1.54, 1.807) is 31.3 Å². The summed E-state index contributed by atoms with van der Waals surface area (Å²) >= 11 is 0. The number of amides is 6. The van der Waals surface area contributed by atoms with Crippen molar-refractivity contribution < 1.29 is 28.8 Å². The fraction of sp³-hybridized carbons (Fsp3) is 0.526. The van der Waals surface area contributed by atoms with Gasteiger partial charge in [0.15, 0.2) is 0 Å². The highest BCUT2D eigenvalue weighted by atomic mass is 16.2. The first-order chi connectivity index (χ1) is 23.8. The van der Waals surface area contributed by atoms with Gasteiger partial charge in [0.1, 0.15) is 30.2 Å². The molecular formula is C38H52N6O6. The average Bonchev–Trinajstić information content (AvgIpc) is 3.11. The van der Waals surface area contributed by atoms with Crippen LogP contribution in [0.15, 0.2) is 54.6 Å². The van der Waals surface area contributed by atoms with Crippen molar-refractivity contribution in [1.29, 1.82) is 0 Å². The summed E-state index contributed by atoms with van der Waals surface area (Å²) in [6, 6.07) is 10.9. The second-order valence-electron chi connectivity index (χ2n) is 14.0. The number of hydrogen-bond donors (Lipinski definition) is 4. The predicted molar refractivity (Wildman–Crippen MR) is 191 cm³/mol. The van der Waals surface area contributed by atoms with Gasteiger partial charge < -0.3 is 31.1 Å². The third-order valence-corrected chi connectivity index (χ3v) is 9.74. The molecule has 2 heterocycles. The predicted octanol–water partition coefficient (Wildman–Crippen LogP) is 3.27. The van der Waals surface area contributed by atoms with Crippen molar-refractivity contribution in [3.05, 3.63) is 65.7 Å². The molecule has 0 spiro atoms. The molecular weight excluding hydrogens is 636 g/mol. The molecule has 0 saturated carbocycles. The molecule has 2 aromatic rings. The lowest BCUT2D eigenvalue weighted by Crippen LogP contribution is -2.60. The van der Waals surface area contributed by atoms with Gasteiger partial charge in [-0.25, -0.2) is 0 Å². The summed E-state index contributed by atoms with van der Waals surface area (Å²) in [6.45, 7) is 9.47. The molecule has 4 N–H and O–H groups in total. The van der Waals surface area contributed by atoms with Crippen LogP contribution in [0, 0.1) is 11.8 Å². The van der Waals surface area contributed by atoms with Crippen LogP contribution < -0.4 is 21.3 Å². The molecule has 0 bridgehead atoms. The van der Waals surface area contributed by atoms with E-state index in [-0.39, 0.29) is 35.4 Å². The van der Waals surface area contributed by atoms with Crippen LogP contribution in [-0.2, 0) is 30.4 Å². The average molecular weight is 689 g/mol. The number of nitrogens with zero attached hydrogens (tertiary/aromatic N) is 2. The molecule has 12 heteroatoms. The normalized spacial score (nSPS) is 25.2. The zero-order chi connectivity index (χ0) is 36.5. The van der Waals surface area contributed by atoms with Gasteiger partial charge >= 0.3 is 0 Å². The maximum absolute atomic E-state index is 14.3. The van der Waals surface area contributed by atoms with Crippen LogP contribution >= 0.6 is 0 Å². The summed E-state index contributed by atoms with van der Waals surface area (Å²) in [5.41, 5.74) is 1.27. The molecule has 2 aromatic carbocycles. The first-order valence-corrected chi connectivity index (χ1v) is 17.7. The van der Waals surface area contributed by atoms with Crippen LogP contribution in [0.4, 0.5) is 5.69 Å². The zero-order valence-corrected chi connectivity index (χ0v) is 30.0. The van der Waals surface area contributed by atoms with Gasteiger partial charge in [0.05, 0.1) is 11.3 Å². The third kappa shape index (κ3) is 9.28. The van der Waals surface area contributed by atoms with Crippen LogP contribution in [-0.4, -0.2) is 89.0 Å². The minimum absolute atomic E-state index is 0.0192. The van der Waals surface area contributed by atoms with Gasteiger partial charge in [0, 0.05) is 20.0 Å². The van der Waals surface area contributed by atoms with Crippen molar-refractivity contribution in [2.75, 3.05) is 18.9 Å². The fourth-order valence-corrected chi connectivity index (χ4v) is 6.54. The number of rotatable bonds is 6. The van der Waals surface area contributed by atoms with E-state index >= 15 is 0 Å². The largest absolute Gasteiger partial charge is 0.343 e. The highest BCUT2D eigenvalue weighted by molar-refractivity contribution is 6.07. The van der Waals surface area contributed by atoms with E-state index in [4.69, 9.17) is 0 Å². The Morgan fingerprint density at radius 3 is 2.16 bits per heavy atom. The standard InChI is InChI=1S/C38H52N6O6/c1-7-24(4)32-36(48)40-28-18-12-11-17-27(28)37(49)44-20-14-13-19-30(44)38(50)43(6)31(21-23(2)3)35(47)41-29(22-26-15-9-8-10-16-26)34(46)39-25(5)33(45)42-32/h8-12,15-18,23-25,29-32H,7,13-14,19-22H2,1-6H3,(H,39,46)(H,40,48)(H,41,47)(H,42,45)/t24-,25-,29?,30-,31?,32?/m0/s1. The van der Waals surface area contributed by atoms with Crippen molar-refractivity contribution in [2.45, 2.75) is 103 Å². The van der Waals surface area contributed by atoms with Gasteiger partial charge in [-0.15, -0.1) is 0 Å². The number of hydrogen-bond acceptors (Lipinski definition) is 6. The molecule has 0 radical (unpaired) electrons. The number of carbonyl (C=O) groups excluding carboxylic acids is 6. The number of piperidine rings is 1. The van der Waals surface area contributed by atoms with Gasteiger partial charge in [-0.1, -0.05) is 76.6 Å². The molecule has 2 aliphatic rings. The van der Waals surface area contributed by atoms with E-state index in [1.165, 1.54) is 16.7 Å². The molecule has 3 unspecified atom stereocenters. The van der Waals surface area contributed by atoms with Crippen molar-refractivity contribution in [3.8, 4) is 0 Å². The first-order valence-electron chi connectivity index (χ1n) is 17.7. The van der Waals surface area contributed by atoms with Gasteiger partial charge in [-0.05, 0) is 62.1 Å². The molecule has 270 valence electrons. The maximum atomic E-state index is 14.3. The third-order valence-electron chi connectivity index (χ3n) is 9.74. The minimum atomic E-state index is -1.07. The maximum Gasteiger partial charge on any atom is 0.256 e. The number of likely N-dealkylation sites (N-methyl/N-ethyl adjacent to an activating group) is 1. The Morgan fingerprint density at radius 2 is 1.48 bits per heavy atom. The van der Waals surface area contributed by atoms with Gasteiger partial charge in [-0.3, -0.25) is 28.8 Å². The van der Waals surface area contributed by atoms with Crippen LogP contribution in [0.1, 0.15) is 82.6 Å². The van der Waals surface area contributed by atoms with E-state index in [2.05, 4.69) is 21.3 Å². The molecule has 0 aromatic heterocycles. The number of nitrogens with one attached hydrogen (secondary N) is 4. The summed E-state index contributed by atoms with van der Waals surface area (Å²) in [5.74, 6) is -3.24. The minimum Gasteiger partial charge on any atom is -0.343 e. The Hall–Kier alpha value is -4.74. The van der Waals surface area contributed by atoms with E-state index < -0.39 is 59.7 Å². The Morgan fingerprint density at radius 1 is 0.800 bits per heavy atom. The summed E-state index contributed by atoms with van der Waals surface area (Å²) < 4.78 is 0. The SMILES string of the molecule is CC[C@H](C)C1NC(=O)[C@H](C)NC(=O)C(Cc2ccccc2)NC(=O)C(CC(C)C)N(C)C(=O)[C@@H]2CCCCN2C(=O)c2ccccc2NC1=O. The van der Waals surface area contributed by atoms with E-state index in [0.717, 1.165) is 12.0 Å². The molecule has 1 saturated heterocycles. The monoisotopic (exact) mass is 688 g/mol. The number of carbonyl (C=O) groups is 6. The van der Waals surface area contributed by atoms with Crippen molar-refractivity contribution in [3.63, 3.8) is 0 Å². The van der Waals surface area contributed by atoms with E-state index in [9.17, 15) is 28.8 Å². The van der Waals surface area contributed by atoms with Crippen molar-refractivity contribution in [1.82, 2.24) is 25.8 Å². The lowest BCUT2D eigenvalue weighted by molar-refractivity contribution is -0.144. The zero-order valence-electron chi connectivity index (χ0n) is 30.0. The van der Waals surface area contributed by atoms with Gasteiger partial charge in [0.2, 0.25) is 29.5 Å². The second kappa shape index (κ2) is 17.3. The lowest BCUT2D eigenvalue weighted by Gasteiger charge is -2.39. The number of fused-ring (bicyclic) bond motifs is 2. The Balaban J connectivity index is 1.79. The summed E-state index contributed by atoms with van der Waals surface area (Å²) in [5, 5.41) is 11.3. The molecule has 6 atom stereocenters. The summed E-state index contributed by atoms with van der Waals surface area (Å²) in [6.07, 6.45) is 2.85. The molecule has 4 rings (SSSR count). The molecule has 1 fully saturated rings. The summed E-state index contributed by atoms with van der Waals surface area (Å²) in [4.78, 5) is 86.7. The molecule has 50 heavy (non-hydrogen) atoms. The Labute approximate surface area is 295 Å². The lowest BCUT2D eigenvalue weighted by atomic mass is 9.96. The van der Waals surface area contributed by atoms with Crippen LogP contribution in [0.25, 0.3) is 0 Å². The number of benzene rings is 2. The molecule has 12 nitrogen and oxygen atoms in total. The highest BCUT2D eigenvalue weighted by Gasteiger charge is 2.40. The number of para-hydroxylation sites is 1. The smallest absolute Gasteiger partial charge is 0.256 e. The van der Waals surface area contributed by atoms with Crippen LogP contribution in [0.3, 0.4) is 0 Å². The number of anilines is 1. The fourth-order valence-electron chi connectivity index (χ4n) is 6.54. The Kier molecular flexibility index (Phi) is 13.1.